The van der Waals surface area contributed by atoms with Crippen LogP contribution in [0.2, 0.25) is 5.02 Å². The van der Waals surface area contributed by atoms with Crippen LogP contribution in [0.1, 0.15) is 182 Å². The van der Waals surface area contributed by atoms with Gasteiger partial charge in [0, 0.05) is 34.9 Å². The molecule has 470 valence electrons. The molecule has 3 aromatic carbocycles. The Kier molecular flexibility index (Phi) is 20.4. The highest BCUT2D eigenvalue weighted by Gasteiger charge is 2.70. The van der Waals surface area contributed by atoms with Crippen LogP contribution in [0.5, 0.6) is 11.5 Å². The minimum absolute atomic E-state index is 0.0233. The van der Waals surface area contributed by atoms with Crippen LogP contribution in [0, 0.1) is 68.0 Å². The Balaban J connectivity index is 0.000000167. The van der Waals surface area contributed by atoms with Crippen molar-refractivity contribution in [3.63, 3.8) is 0 Å². The molecular formula is C72H99ClN2O11. The second kappa shape index (κ2) is 26.8. The number of ether oxygens (including phenoxy) is 4. The van der Waals surface area contributed by atoms with Crippen molar-refractivity contribution in [2.75, 3.05) is 40.0 Å². The fraction of sp³-hybridized carbons (Fsp3) is 0.653. The summed E-state index contributed by atoms with van der Waals surface area (Å²) in [7, 11) is 1.98. The number of benzene rings is 3. The Morgan fingerprint density at radius 2 is 1.35 bits per heavy atom. The van der Waals surface area contributed by atoms with Gasteiger partial charge in [0.2, 0.25) is 0 Å². The van der Waals surface area contributed by atoms with Gasteiger partial charge < -0.3 is 39.8 Å². The molecular weight excluding hydrogens is 1100 g/mol. The molecule has 0 unspecified atom stereocenters. The first-order chi connectivity index (χ1) is 40.8. The van der Waals surface area contributed by atoms with E-state index in [1.54, 1.807) is 24.3 Å². The second-order valence-corrected chi connectivity index (χ2v) is 29.7. The molecule has 9 aliphatic carbocycles. The van der Waals surface area contributed by atoms with Gasteiger partial charge in [0.25, 0.3) is 0 Å². The average molecular weight is 1200 g/mol. The van der Waals surface area contributed by atoms with Crippen LogP contribution in [0.4, 0.5) is 0 Å². The van der Waals surface area contributed by atoms with E-state index in [-0.39, 0.29) is 82.1 Å². The molecule has 0 spiro atoms. The number of carboxylic acid groups (broad SMARTS) is 2. The van der Waals surface area contributed by atoms with Crippen LogP contribution < -0.4 is 20.1 Å². The minimum Gasteiger partial charge on any atom is -0.493 e. The van der Waals surface area contributed by atoms with Gasteiger partial charge in [-0.3, -0.25) is 19.2 Å². The molecule has 86 heavy (non-hydrogen) atoms. The number of carboxylic acids is 2. The number of esters is 2. The lowest BCUT2D eigenvalue weighted by Crippen LogP contribution is -2.66. The zero-order valence-electron chi connectivity index (χ0n) is 52.7. The Labute approximate surface area is 517 Å². The van der Waals surface area contributed by atoms with E-state index in [2.05, 4.69) is 94.6 Å². The highest BCUT2D eigenvalue weighted by atomic mass is 35.5. The molecule has 0 heterocycles. The Hall–Kier alpha value is -5.24. The third kappa shape index (κ3) is 14.1. The number of carbonyl (C=O) groups is 5. The average Bonchev–Trinajstić information content (AvgIpc) is 0.678. The number of fused-ring (bicyclic) bond motifs is 7. The molecule has 12 rings (SSSR count). The maximum atomic E-state index is 14.5. The number of nitrogens with one attached hydrogen (secondary N) is 2. The summed E-state index contributed by atoms with van der Waals surface area (Å²) < 4.78 is 22.5. The normalized spacial score (nSPS) is 34.1. The van der Waals surface area contributed by atoms with Crippen molar-refractivity contribution < 1.29 is 53.1 Å². The van der Waals surface area contributed by atoms with Gasteiger partial charge in [-0.25, -0.2) is 4.79 Å². The lowest BCUT2D eigenvalue weighted by Gasteiger charge is -2.70. The summed E-state index contributed by atoms with van der Waals surface area (Å²) in [4.78, 5) is 62.1. The third-order valence-corrected chi connectivity index (χ3v) is 23.5. The van der Waals surface area contributed by atoms with E-state index >= 15 is 0 Å². The summed E-state index contributed by atoms with van der Waals surface area (Å²) in [5.74, 6) is 2.21. The van der Waals surface area contributed by atoms with Crippen molar-refractivity contribution in [3.05, 3.63) is 107 Å². The van der Waals surface area contributed by atoms with Crippen molar-refractivity contribution in [2.24, 2.45) is 68.0 Å². The number of hydrogen-bond donors (Lipinski definition) is 4. The van der Waals surface area contributed by atoms with Gasteiger partial charge in [-0.2, -0.15) is 0 Å². The fourth-order valence-electron chi connectivity index (χ4n) is 18.7. The zero-order chi connectivity index (χ0) is 61.7. The number of allylic oxidation sites excluding steroid dienone is 2. The van der Waals surface area contributed by atoms with Crippen LogP contribution in [-0.2, 0) is 39.9 Å². The number of para-hydroxylation sites is 1. The van der Waals surface area contributed by atoms with Crippen molar-refractivity contribution in [3.8, 4) is 11.5 Å². The summed E-state index contributed by atoms with van der Waals surface area (Å²) in [6, 6.07) is 25.8. The van der Waals surface area contributed by atoms with E-state index in [1.165, 1.54) is 55.2 Å². The zero-order valence-corrected chi connectivity index (χ0v) is 53.5. The summed E-state index contributed by atoms with van der Waals surface area (Å²) >= 11 is 5.82. The monoisotopic (exact) mass is 1200 g/mol. The predicted molar refractivity (Wildman–Crippen MR) is 335 cm³/mol. The molecule has 8 saturated carbocycles. The first-order valence-electron chi connectivity index (χ1n) is 32.4. The molecule has 8 fully saturated rings. The molecule has 0 aromatic heterocycles. The maximum absolute atomic E-state index is 14.5. The molecule has 9 atom stereocenters. The van der Waals surface area contributed by atoms with Gasteiger partial charge in [-0.15, -0.1) is 0 Å². The summed E-state index contributed by atoms with van der Waals surface area (Å²) in [6.07, 6.45) is 20.2. The molecule has 0 saturated heterocycles. The number of hydrogen-bond acceptors (Lipinski definition) is 11. The predicted octanol–water partition coefficient (Wildman–Crippen LogP) is 14.3. The van der Waals surface area contributed by atoms with Crippen LogP contribution in [0.15, 0.2) is 90.5 Å². The third-order valence-electron chi connectivity index (χ3n) is 23.2. The SMILES string of the molecule is CC1(C)[C@@H](OC(=O)CCC(=O)O)CC[C@]2(C)[C@H]3C(=O)C=C4[C@@H]5C[C@@](C)(C(=O)O)CC[C@]5(C)CC[C@@]4(C)[C@]3(C)CC[C@@H]12.CNCCCCOc1ccccc1Cc1ccccc1.O=C(COc1ccc(Cl)cc1)OCCNC12CC3CC(CC(C3)C1)C2. The van der Waals surface area contributed by atoms with Gasteiger partial charge >= 0.3 is 23.9 Å². The number of aliphatic carboxylic acids is 2. The van der Waals surface area contributed by atoms with Gasteiger partial charge in [-0.05, 0) is 228 Å². The summed E-state index contributed by atoms with van der Waals surface area (Å²) in [5.41, 5.74) is 2.34. The van der Waals surface area contributed by atoms with Crippen LogP contribution in [0.25, 0.3) is 0 Å². The Bertz CT molecular complexity index is 2870. The lowest BCUT2D eigenvalue weighted by atomic mass is 9.33. The van der Waals surface area contributed by atoms with Gasteiger partial charge in [0.15, 0.2) is 12.4 Å². The number of unbranched alkanes of at least 4 members (excludes halogenated alkanes) is 1. The Morgan fingerprint density at radius 1 is 0.686 bits per heavy atom. The van der Waals surface area contributed by atoms with E-state index < -0.39 is 23.3 Å². The fourth-order valence-corrected chi connectivity index (χ4v) is 18.8. The molecule has 4 N–H and O–H groups in total. The number of halogens is 1. The summed E-state index contributed by atoms with van der Waals surface area (Å²) in [5, 5.41) is 26.6. The van der Waals surface area contributed by atoms with Crippen molar-refractivity contribution in [1.29, 1.82) is 0 Å². The highest BCUT2D eigenvalue weighted by Crippen LogP contribution is 2.75. The largest absolute Gasteiger partial charge is 0.493 e. The van der Waals surface area contributed by atoms with Crippen molar-refractivity contribution in [1.82, 2.24) is 10.6 Å². The van der Waals surface area contributed by atoms with E-state index in [1.807, 2.05) is 32.2 Å². The molecule has 0 radical (unpaired) electrons. The number of carbonyl (C=O) groups excluding carboxylic acids is 3. The van der Waals surface area contributed by atoms with Gasteiger partial charge in [0.1, 0.15) is 24.2 Å². The van der Waals surface area contributed by atoms with Crippen molar-refractivity contribution >= 4 is 41.3 Å². The molecule has 0 aliphatic heterocycles. The first-order valence-corrected chi connectivity index (χ1v) is 32.8. The van der Waals surface area contributed by atoms with Crippen LogP contribution >= 0.6 is 11.6 Å². The van der Waals surface area contributed by atoms with Crippen LogP contribution in [-0.4, -0.2) is 91.5 Å². The molecule has 13 nitrogen and oxygen atoms in total. The van der Waals surface area contributed by atoms with E-state index in [0.717, 1.165) is 101 Å². The smallest absolute Gasteiger partial charge is 0.344 e. The first kappa shape index (κ1) is 65.2. The lowest BCUT2D eigenvalue weighted by molar-refractivity contribution is -0.211. The van der Waals surface area contributed by atoms with E-state index in [0.29, 0.717) is 42.2 Å². The second-order valence-electron chi connectivity index (χ2n) is 29.3. The van der Waals surface area contributed by atoms with E-state index in [9.17, 15) is 29.1 Å². The maximum Gasteiger partial charge on any atom is 0.344 e. The standard InChI is InChI=1S/C34H50O7.C20H26ClNO3.C18H23NO/c1-29(2)23-10-13-34(7)27(32(23,5)12-11-24(29)41-26(38)9-8-25(36)37)22(35)18-20-21-19-31(4,28(39)40)15-14-30(21,3)16-17-33(20,34)6;21-17-1-3-18(4-2-17)25-13-19(23)24-6-5-22-20-10-14-7-15(11-20)9-16(8-14)12-20;1-19-13-7-8-14-20-18-12-6-5-11-17(18)15-16-9-3-2-4-10-16/h18,21,23-24,27H,8-17,19H2,1-7H3,(H,36,37)(H,39,40);1-4,14-16,22H,5-13H2;2-6,9-12,19H,7-8,13-15H2,1H3/t21-,23-,24-,27+,30+,31-,32-,33+,34+;;/m0../s1. The number of ketones is 1. The quantitative estimate of drug-likeness (QED) is 0.0619. The van der Waals surface area contributed by atoms with Crippen LogP contribution in [0.3, 0.4) is 0 Å². The topological polar surface area (TPSA) is 187 Å². The van der Waals surface area contributed by atoms with E-state index in [4.69, 9.17) is 35.7 Å². The Morgan fingerprint density at radius 3 is 2.01 bits per heavy atom. The number of rotatable bonds is 20. The molecule has 0 amide bonds. The van der Waals surface area contributed by atoms with Gasteiger partial charge in [0.05, 0.1) is 24.9 Å². The van der Waals surface area contributed by atoms with Gasteiger partial charge in [-0.1, -0.05) is 107 Å². The molecule has 4 bridgehead atoms. The molecule has 14 heteroatoms. The highest BCUT2D eigenvalue weighted by molar-refractivity contribution is 6.30. The molecule has 3 aromatic rings. The van der Waals surface area contributed by atoms with Crippen molar-refractivity contribution in [2.45, 2.75) is 189 Å². The minimum atomic E-state index is -1.01. The summed E-state index contributed by atoms with van der Waals surface area (Å²) in [6.45, 7) is 18.4. The molecule has 9 aliphatic rings.